The van der Waals surface area contributed by atoms with Gasteiger partial charge in [0.2, 0.25) is 0 Å². The Labute approximate surface area is 245 Å². The van der Waals surface area contributed by atoms with Crippen molar-refractivity contribution >= 4 is 35.0 Å². The van der Waals surface area contributed by atoms with E-state index in [2.05, 4.69) is 4.99 Å². The Morgan fingerprint density at radius 3 is 2.46 bits per heavy atom. The molecule has 1 aromatic heterocycles. The predicted octanol–water partition coefficient (Wildman–Crippen LogP) is 3.77. The molecular weight excluding hydrogens is 570 g/mol. The largest absolute Gasteiger partial charge is 0.490 e. The number of ether oxygens (including phenoxy) is 5. The Hall–Kier alpha value is -4.27. The average Bonchev–Trinajstić information content (AvgIpc) is 3.27. The van der Waals surface area contributed by atoms with Gasteiger partial charge in [-0.2, -0.15) is 5.26 Å². The van der Waals surface area contributed by atoms with Crippen LogP contribution < -0.4 is 33.8 Å². The van der Waals surface area contributed by atoms with Gasteiger partial charge in [0.15, 0.2) is 34.4 Å². The van der Waals surface area contributed by atoms with E-state index in [-0.39, 0.29) is 28.5 Å². The van der Waals surface area contributed by atoms with Gasteiger partial charge in [-0.25, -0.2) is 9.79 Å². The van der Waals surface area contributed by atoms with E-state index in [4.69, 9.17) is 40.5 Å². The highest BCUT2D eigenvalue weighted by molar-refractivity contribution is 7.07. The van der Waals surface area contributed by atoms with Crippen LogP contribution in [0.4, 0.5) is 0 Å². The second kappa shape index (κ2) is 13.4. The molecule has 214 valence electrons. The molecule has 0 aliphatic carbocycles. The molecule has 2 heterocycles. The Kier molecular flexibility index (Phi) is 9.70. The number of methoxy groups -OCH3 is 1. The maximum absolute atomic E-state index is 13.9. The smallest absolute Gasteiger partial charge is 0.337 e. The molecule has 0 radical (unpaired) electrons. The summed E-state index contributed by atoms with van der Waals surface area (Å²) in [5.74, 6) is 1.03. The number of halogens is 1. The van der Waals surface area contributed by atoms with Gasteiger partial charge < -0.3 is 23.7 Å². The van der Waals surface area contributed by atoms with Crippen molar-refractivity contribution < 1.29 is 28.5 Å². The van der Waals surface area contributed by atoms with Gasteiger partial charge in [-0.3, -0.25) is 9.36 Å². The van der Waals surface area contributed by atoms with Crippen molar-refractivity contribution in [2.75, 3.05) is 33.5 Å². The summed E-state index contributed by atoms with van der Waals surface area (Å²) >= 11 is 7.61. The standard InChI is InChI=1S/C29H28ClN3O7S/c1-5-37-21-9-8-18(15-22(21)38-6-2)25-19(28(35)36-4)16-32-29-33(25)27(34)24(41-29)14-17-12-20(30)26(40-11-10-31)23(13-17)39-7-3/h8-9,12-16,25H,5-7,11H2,1-4H3/b24-14-/t25-/m0/s1. The molecule has 10 nitrogen and oxygen atoms in total. The Balaban J connectivity index is 1.88. The molecule has 1 aliphatic heterocycles. The summed E-state index contributed by atoms with van der Waals surface area (Å²) in [5, 5.41) is 9.13. The van der Waals surface area contributed by atoms with Gasteiger partial charge >= 0.3 is 5.97 Å². The number of benzene rings is 2. The number of hydrogen-bond donors (Lipinski definition) is 0. The molecular formula is C29H28ClN3O7S. The maximum Gasteiger partial charge on any atom is 0.337 e. The summed E-state index contributed by atoms with van der Waals surface area (Å²) in [5.41, 5.74) is 1.03. The molecule has 1 aliphatic rings. The summed E-state index contributed by atoms with van der Waals surface area (Å²) in [6.45, 7) is 6.53. The number of nitrogens with zero attached hydrogens (tertiary/aromatic N) is 3. The van der Waals surface area contributed by atoms with E-state index in [1.165, 1.54) is 17.9 Å². The van der Waals surface area contributed by atoms with Crippen LogP contribution in [0.1, 0.15) is 37.9 Å². The Morgan fingerprint density at radius 2 is 1.78 bits per heavy atom. The molecule has 2 aromatic carbocycles. The molecule has 41 heavy (non-hydrogen) atoms. The zero-order chi connectivity index (χ0) is 29.5. The van der Waals surface area contributed by atoms with Crippen molar-refractivity contribution in [3.05, 3.63) is 77.9 Å². The molecule has 0 spiro atoms. The van der Waals surface area contributed by atoms with E-state index in [0.29, 0.717) is 57.5 Å². The fourth-order valence-electron chi connectivity index (χ4n) is 4.32. The quantitative estimate of drug-likeness (QED) is 0.306. The second-order valence-corrected chi connectivity index (χ2v) is 9.87. The van der Waals surface area contributed by atoms with E-state index in [1.54, 1.807) is 36.4 Å². The van der Waals surface area contributed by atoms with Gasteiger partial charge in [-0.1, -0.05) is 29.0 Å². The molecule has 1 atom stereocenters. The van der Waals surface area contributed by atoms with Crippen LogP contribution >= 0.6 is 22.9 Å². The third-order valence-corrected chi connectivity index (χ3v) is 7.20. The van der Waals surface area contributed by atoms with Crippen LogP contribution in [0.25, 0.3) is 6.08 Å². The monoisotopic (exact) mass is 597 g/mol. The number of rotatable bonds is 11. The van der Waals surface area contributed by atoms with Crippen LogP contribution in [-0.4, -0.2) is 44.1 Å². The first kappa shape index (κ1) is 29.7. The highest BCUT2D eigenvalue weighted by Crippen LogP contribution is 2.37. The summed E-state index contributed by atoms with van der Waals surface area (Å²) in [6, 6.07) is 9.68. The van der Waals surface area contributed by atoms with Crippen molar-refractivity contribution in [1.82, 2.24) is 4.57 Å². The normalized spacial score (nSPS) is 14.3. The van der Waals surface area contributed by atoms with E-state index >= 15 is 0 Å². The van der Waals surface area contributed by atoms with E-state index in [1.807, 2.05) is 26.8 Å². The minimum atomic E-state index is -0.819. The zero-order valence-electron chi connectivity index (χ0n) is 22.9. The fraction of sp³-hybridized carbons (Fsp3) is 0.310. The lowest BCUT2D eigenvalue weighted by Crippen LogP contribution is -2.39. The van der Waals surface area contributed by atoms with Crippen LogP contribution in [0, 0.1) is 11.3 Å². The molecule has 0 amide bonds. The molecule has 4 rings (SSSR count). The van der Waals surface area contributed by atoms with Crippen molar-refractivity contribution in [2.24, 2.45) is 4.99 Å². The molecule has 0 saturated heterocycles. The van der Waals surface area contributed by atoms with Crippen molar-refractivity contribution in [2.45, 2.75) is 26.8 Å². The van der Waals surface area contributed by atoms with Crippen molar-refractivity contribution in [3.8, 4) is 29.1 Å². The van der Waals surface area contributed by atoms with Crippen molar-refractivity contribution in [1.29, 1.82) is 5.26 Å². The van der Waals surface area contributed by atoms with Gasteiger partial charge in [0.1, 0.15) is 6.07 Å². The van der Waals surface area contributed by atoms with Crippen LogP contribution in [0.5, 0.6) is 23.0 Å². The lowest BCUT2D eigenvalue weighted by Gasteiger charge is -2.23. The third kappa shape index (κ3) is 6.24. The number of carbonyl (C=O) groups is 1. The first-order valence-electron chi connectivity index (χ1n) is 12.8. The summed E-state index contributed by atoms with van der Waals surface area (Å²) in [4.78, 5) is 31.5. The number of hydrogen-bond acceptors (Lipinski definition) is 10. The summed E-state index contributed by atoms with van der Waals surface area (Å²) in [7, 11) is 1.28. The molecule has 0 saturated carbocycles. The number of esters is 1. The van der Waals surface area contributed by atoms with Crippen LogP contribution in [0.3, 0.4) is 0 Å². The highest BCUT2D eigenvalue weighted by Gasteiger charge is 2.31. The van der Waals surface area contributed by atoms with Crippen LogP contribution in [0.15, 0.2) is 51.9 Å². The lowest BCUT2D eigenvalue weighted by atomic mass is 9.97. The molecule has 0 bridgehead atoms. The number of fused-ring (bicyclic) bond motifs is 1. The van der Waals surface area contributed by atoms with E-state index in [0.717, 1.165) is 11.3 Å². The molecule has 0 fully saturated rings. The average molecular weight is 598 g/mol. The predicted molar refractivity (Wildman–Crippen MR) is 154 cm³/mol. The Bertz CT molecular complexity index is 1700. The zero-order valence-corrected chi connectivity index (χ0v) is 24.5. The number of nitriles is 1. The number of aromatic nitrogens is 1. The second-order valence-electron chi connectivity index (χ2n) is 8.46. The first-order valence-corrected chi connectivity index (χ1v) is 14.0. The molecule has 0 unspecified atom stereocenters. The van der Waals surface area contributed by atoms with E-state index in [9.17, 15) is 9.59 Å². The minimum absolute atomic E-state index is 0.193. The topological polar surface area (TPSA) is 121 Å². The van der Waals surface area contributed by atoms with Crippen LogP contribution in [0.2, 0.25) is 5.02 Å². The summed E-state index contributed by atoms with van der Waals surface area (Å²) in [6.07, 6.45) is 3.09. The third-order valence-electron chi connectivity index (χ3n) is 5.92. The summed E-state index contributed by atoms with van der Waals surface area (Å²) < 4.78 is 29.4. The van der Waals surface area contributed by atoms with Crippen LogP contribution in [-0.2, 0) is 9.53 Å². The van der Waals surface area contributed by atoms with Gasteiger partial charge in [0, 0.05) is 6.20 Å². The molecule has 3 aromatic rings. The minimum Gasteiger partial charge on any atom is -0.490 e. The van der Waals surface area contributed by atoms with Gasteiger partial charge in [0.05, 0.1) is 48.1 Å². The SMILES string of the molecule is CCOc1ccc([C@H]2C(C(=O)OC)=CN=c3s/c(=C\c4cc(Cl)c(OCC#N)c(OCC)c4)c(=O)n32)cc1OCC. The fourth-order valence-corrected chi connectivity index (χ4v) is 5.56. The van der Waals surface area contributed by atoms with Gasteiger partial charge in [-0.15, -0.1) is 0 Å². The highest BCUT2D eigenvalue weighted by atomic mass is 35.5. The molecule has 0 N–H and O–H groups in total. The first-order chi connectivity index (χ1) is 19.9. The number of thiazole rings is 1. The molecule has 12 heteroatoms. The number of carbonyl (C=O) groups excluding carboxylic acids is 1. The lowest BCUT2D eigenvalue weighted by molar-refractivity contribution is -0.136. The van der Waals surface area contributed by atoms with Gasteiger partial charge in [0.25, 0.3) is 5.56 Å². The van der Waals surface area contributed by atoms with Gasteiger partial charge in [-0.05, 0) is 62.2 Å². The Morgan fingerprint density at radius 1 is 1.07 bits per heavy atom. The van der Waals surface area contributed by atoms with Crippen molar-refractivity contribution in [3.63, 3.8) is 0 Å². The maximum atomic E-state index is 13.9. The van der Waals surface area contributed by atoms with E-state index < -0.39 is 12.0 Å².